The van der Waals surface area contributed by atoms with Gasteiger partial charge in [0.15, 0.2) is 0 Å². The summed E-state index contributed by atoms with van der Waals surface area (Å²) in [5.74, 6) is 0.436. The molecule has 2 aromatic carbocycles. The standard InChI is InChI=1S/C26H21N/c1-16-10-12-19-20-13-15-24(27)25(20)26(23(19)14-11-16)21-8-4-2-6-17(21)18-7-3-5-9-22(18)26/h2-14,16H,15,27H2,1H3. The summed E-state index contributed by atoms with van der Waals surface area (Å²) < 4.78 is 0. The smallest absolute Gasteiger partial charge is 0.0742 e. The molecule has 1 spiro atoms. The van der Waals surface area contributed by atoms with Gasteiger partial charge < -0.3 is 5.73 Å². The molecular formula is C26H21N. The van der Waals surface area contributed by atoms with Gasteiger partial charge in [0.25, 0.3) is 0 Å². The molecule has 1 heteroatoms. The fourth-order valence-electron chi connectivity index (χ4n) is 5.51. The van der Waals surface area contributed by atoms with Crippen LogP contribution in [0, 0.1) is 5.92 Å². The van der Waals surface area contributed by atoms with E-state index in [1.165, 1.54) is 44.5 Å². The highest BCUT2D eigenvalue weighted by atomic mass is 14.7. The SMILES string of the molecule is CC1C=CC2=C(C=C1)C1(C3=C(N)CC=C23)c2ccccc2-c2ccccc21. The second-order valence-electron chi connectivity index (χ2n) is 7.97. The predicted molar refractivity (Wildman–Crippen MR) is 111 cm³/mol. The molecule has 4 aliphatic rings. The maximum absolute atomic E-state index is 6.66. The lowest BCUT2D eigenvalue weighted by Crippen LogP contribution is -2.28. The van der Waals surface area contributed by atoms with Gasteiger partial charge in [-0.3, -0.25) is 0 Å². The molecule has 6 rings (SSSR count). The molecule has 0 aliphatic heterocycles. The Hall–Kier alpha value is -3.06. The fraction of sp³-hybridized carbons (Fsp3) is 0.154. The second-order valence-corrected chi connectivity index (χ2v) is 7.97. The molecule has 0 amide bonds. The zero-order valence-corrected chi connectivity index (χ0v) is 15.4. The van der Waals surface area contributed by atoms with E-state index >= 15 is 0 Å². The summed E-state index contributed by atoms with van der Waals surface area (Å²) in [6.07, 6.45) is 12.5. The van der Waals surface area contributed by atoms with Crippen LogP contribution in [0.1, 0.15) is 24.5 Å². The van der Waals surface area contributed by atoms with Gasteiger partial charge in [-0.25, -0.2) is 0 Å². The van der Waals surface area contributed by atoms with Crippen molar-refractivity contribution in [2.24, 2.45) is 11.7 Å². The van der Waals surface area contributed by atoms with Crippen molar-refractivity contribution in [1.29, 1.82) is 0 Å². The van der Waals surface area contributed by atoms with Crippen LogP contribution in [0.4, 0.5) is 0 Å². The summed E-state index contributed by atoms with van der Waals surface area (Å²) in [6.45, 7) is 2.24. The van der Waals surface area contributed by atoms with Crippen molar-refractivity contribution in [2.45, 2.75) is 18.8 Å². The lowest BCUT2D eigenvalue weighted by Gasteiger charge is -2.32. The van der Waals surface area contributed by atoms with Crippen LogP contribution >= 0.6 is 0 Å². The first-order chi connectivity index (χ1) is 13.2. The molecule has 1 unspecified atom stereocenters. The van der Waals surface area contributed by atoms with Crippen LogP contribution in [0.5, 0.6) is 0 Å². The first-order valence-electron chi connectivity index (χ1n) is 9.73. The fourth-order valence-corrected chi connectivity index (χ4v) is 5.51. The van der Waals surface area contributed by atoms with E-state index in [9.17, 15) is 0 Å². The number of hydrogen-bond acceptors (Lipinski definition) is 1. The molecule has 27 heavy (non-hydrogen) atoms. The zero-order chi connectivity index (χ0) is 18.2. The van der Waals surface area contributed by atoms with Gasteiger partial charge in [0.05, 0.1) is 5.41 Å². The van der Waals surface area contributed by atoms with E-state index in [0.29, 0.717) is 5.92 Å². The van der Waals surface area contributed by atoms with Crippen molar-refractivity contribution in [3.8, 4) is 11.1 Å². The number of hydrogen-bond donors (Lipinski definition) is 1. The quantitative estimate of drug-likeness (QED) is 0.662. The normalized spacial score (nSPS) is 23.3. The monoisotopic (exact) mass is 347 g/mol. The maximum Gasteiger partial charge on any atom is 0.0742 e. The molecule has 0 heterocycles. The molecule has 1 atom stereocenters. The van der Waals surface area contributed by atoms with Crippen LogP contribution in [-0.4, -0.2) is 0 Å². The van der Waals surface area contributed by atoms with E-state index in [-0.39, 0.29) is 5.41 Å². The minimum absolute atomic E-state index is 0.278. The van der Waals surface area contributed by atoms with Crippen molar-refractivity contribution in [3.63, 3.8) is 0 Å². The van der Waals surface area contributed by atoms with E-state index in [2.05, 4.69) is 85.8 Å². The van der Waals surface area contributed by atoms with Gasteiger partial charge in [-0.2, -0.15) is 0 Å². The van der Waals surface area contributed by atoms with E-state index in [1.807, 2.05) is 0 Å². The molecular weight excluding hydrogens is 326 g/mol. The molecule has 2 N–H and O–H groups in total. The minimum Gasteiger partial charge on any atom is -0.401 e. The lowest BCUT2D eigenvalue weighted by molar-refractivity contribution is 0.770. The van der Waals surface area contributed by atoms with Crippen LogP contribution < -0.4 is 5.73 Å². The average Bonchev–Trinajstić information content (AvgIpc) is 3.25. The molecule has 1 nitrogen and oxygen atoms in total. The molecule has 2 aromatic rings. The van der Waals surface area contributed by atoms with Gasteiger partial charge in [0.2, 0.25) is 0 Å². The predicted octanol–water partition coefficient (Wildman–Crippen LogP) is 5.57. The van der Waals surface area contributed by atoms with Crippen LogP contribution in [0.25, 0.3) is 11.1 Å². The highest BCUT2D eigenvalue weighted by Crippen LogP contribution is 2.65. The molecule has 4 aliphatic carbocycles. The summed E-state index contributed by atoms with van der Waals surface area (Å²) in [6, 6.07) is 17.7. The van der Waals surface area contributed by atoms with Crippen LogP contribution in [0.15, 0.2) is 107 Å². The maximum atomic E-state index is 6.66. The van der Waals surface area contributed by atoms with Crippen molar-refractivity contribution in [3.05, 3.63) is 118 Å². The Morgan fingerprint density at radius 1 is 0.889 bits per heavy atom. The summed E-state index contributed by atoms with van der Waals surface area (Å²) in [4.78, 5) is 0. The number of fused-ring (bicyclic) bond motifs is 9. The van der Waals surface area contributed by atoms with Crippen molar-refractivity contribution >= 4 is 0 Å². The highest BCUT2D eigenvalue weighted by Gasteiger charge is 2.55. The van der Waals surface area contributed by atoms with E-state index in [1.54, 1.807) is 0 Å². The van der Waals surface area contributed by atoms with E-state index in [0.717, 1.165) is 12.1 Å². The van der Waals surface area contributed by atoms with Crippen LogP contribution in [0.2, 0.25) is 0 Å². The first-order valence-corrected chi connectivity index (χ1v) is 9.73. The number of allylic oxidation sites excluding steroid dienone is 9. The summed E-state index contributed by atoms with van der Waals surface area (Å²) >= 11 is 0. The molecule has 0 bridgehead atoms. The lowest BCUT2D eigenvalue weighted by atomic mass is 9.69. The molecule has 0 radical (unpaired) electrons. The van der Waals surface area contributed by atoms with Gasteiger partial charge in [-0.1, -0.05) is 85.8 Å². The van der Waals surface area contributed by atoms with Crippen molar-refractivity contribution < 1.29 is 0 Å². The summed E-state index contributed by atoms with van der Waals surface area (Å²) in [5, 5.41) is 0. The Bertz CT molecular complexity index is 1120. The Labute approximate surface area is 159 Å². The summed E-state index contributed by atoms with van der Waals surface area (Å²) in [5.41, 5.74) is 18.2. The second kappa shape index (κ2) is 5.01. The average molecular weight is 347 g/mol. The van der Waals surface area contributed by atoms with Gasteiger partial charge in [0.1, 0.15) is 0 Å². The Kier molecular flexibility index (Phi) is 2.79. The number of benzene rings is 2. The van der Waals surface area contributed by atoms with Crippen LogP contribution in [-0.2, 0) is 5.41 Å². The molecule has 130 valence electrons. The van der Waals surface area contributed by atoms with Gasteiger partial charge in [-0.05, 0) is 50.5 Å². The molecule has 0 saturated heterocycles. The molecule has 0 aromatic heterocycles. The Morgan fingerprint density at radius 3 is 2.22 bits per heavy atom. The van der Waals surface area contributed by atoms with Crippen molar-refractivity contribution in [2.75, 3.05) is 0 Å². The van der Waals surface area contributed by atoms with Gasteiger partial charge in [0, 0.05) is 12.1 Å². The highest BCUT2D eigenvalue weighted by molar-refractivity contribution is 5.92. The van der Waals surface area contributed by atoms with E-state index < -0.39 is 0 Å². The Morgan fingerprint density at radius 2 is 1.52 bits per heavy atom. The third-order valence-corrected chi connectivity index (χ3v) is 6.56. The third kappa shape index (κ3) is 1.66. The first kappa shape index (κ1) is 15.0. The largest absolute Gasteiger partial charge is 0.401 e. The van der Waals surface area contributed by atoms with Gasteiger partial charge in [-0.15, -0.1) is 0 Å². The number of nitrogens with two attached hydrogens (primary N) is 1. The van der Waals surface area contributed by atoms with Crippen LogP contribution in [0.3, 0.4) is 0 Å². The Balaban J connectivity index is 1.82. The topological polar surface area (TPSA) is 26.0 Å². The summed E-state index contributed by atoms with van der Waals surface area (Å²) in [7, 11) is 0. The van der Waals surface area contributed by atoms with Gasteiger partial charge >= 0.3 is 0 Å². The molecule has 0 fully saturated rings. The van der Waals surface area contributed by atoms with Crippen molar-refractivity contribution in [1.82, 2.24) is 0 Å². The third-order valence-electron chi connectivity index (χ3n) is 6.56. The molecule has 0 saturated carbocycles. The number of rotatable bonds is 0. The minimum atomic E-state index is -0.278. The van der Waals surface area contributed by atoms with E-state index in [4.69, 9.17) is 5.73 Å². The zero-order valence-electron chi connectivity index (χ0n) is 15.4.